The van der Waals surface area contributed by atoms with E-state index in [0.29, 0.717) is 12.4 Å². The second-order valence-electron chi connectivity index (χ2n) is 6.65. The van der Waals surface area contributed by atoms with E-state index in [9.17, 15) is 5.11 Å². The molecule has 0 saturated carbocycles. The summed E-state index contributed by atoms with van der Waals surface area (Å²) in [6, 6.07) is 8.21. The molecule has 2 rings (SSSR count). The highest BCUT2D eigenvalue weighted by atomic mass is 16.5. The van der Waals surface area contributed by atoms with E-state index in [-0.39, 0.29) is 24.6 Å². The van der Waals surface area contributed by atoms with Gasteiger partial charge in [0, 0.05) is 6.54 Å². The molecule has 0 bridgehead atoms. The molecule has 1 aromatic carbocycles. The van der Waals surface area contributed by atoms with Crippen molar-refractivity contribution in [1.82, 2.24) is 15.5 Å². The number of nitrogens with one attached hydrogen (secondary N) is 2. The molecule has 0 fully saturated rings. The highest BCUT2D eigenvalue weighted by molar-refractivity contribution is 5.31. The number of rotatable bonds is 8. The average Bonchev–Trinajstić information content (AvgIpc) is 2.98. The minimum Gasteiger partial charge on any atom is -0.491 e. The Morgan fingerprint density at radius 2 is 1.92 bits per heavy atom. The molecule has 0 spiro atoms. The summed E-state index contributed by atoms with van der Waals surface area (Å²) in [6.07, 6.45) is -0.688. The molecule has 24 heavy (non-hydrogen) atoms. The fraction of sp³-hybridized carbons (Fsp3) is 0.529. The lowest BCUT2D eigenvalue weighted by atomic mass is 9.87. The monoisotopic (exact) mass is 334 g/mol. The molecule has 7 nitrogen and oxygen atoms in total. The quantitative estimate of drug-likeness (QED) is 0.679. The molecule has 0 saturated heterocycles. The van der Waals surface area contributed by atoms with E-state index >= 15 is 0 Å². The van der Waals surface area contributed by atoms with Gasteiger partial charge in [-0.15, -0.1) is 5.10 Å². The zero-order valence-electron chi connectivity index (χ0n) is 14.7. The summed E-state index contributed by atoms with van der Waals surface area (Å²) in [5.41, 5.74) is 1.35. The number of hydrogen-bond acceptors (Lipinski definition) is 7. The first-order valence-corrected chi connectivity index (χ1v) is 8.00. The Morgan fingerprint density at radius 3 is 2.54 bits per heavy atom. The van der Waals surface area contributed by atoms with Crippen LogP contribution >= 0.6 is 0 Å². The van der Waals surface area contributed by atoms with Crippen molar-refractivity contribution >= 4 is 6.01 Å². The predicted molar refractivity (Wildman–Crippen MR) is 92.2 cm³/mol. The maximum absolute atomic E-state index is 9.98. The first-order chi connectivity index (χ1) is 11.4. The maximum Gasteiger partial charge on any atom is 0.315 e. The highest BCUT2D eigenvalue weighted by Gasteiger charge is 2.13. The average molecular weight is 334 g/mol. The van der Waals surface area contributed by atoms with Gasteiger partial charge in [-0.05, 0) is 30.2 Å². The van der Waals surface area contributed by atoms with E-state index in [4.69, 9.17) is 9.15 Å². The molecule has 1 unspecified atom stereocenters. The van der Waals surface area contributed by atoms with Gasteiger partial charge < -0.3 is 24.9 Å². The topological polar surface area (TPSA) is 92.4 Å². The molecular weight excluding hydrogens is 308 g/mol. The van der Waals surface area contributed by atoms with E-state index in [2.05, 4.69) is 41.6 Å². The van der Waals surface area contributed by atoms with Crippen LogP contribution in [0.25, 0.3) is 0 Å². The molecule has 0 aliphatic heterocycles. The first-order valence-electron chi connectivity index (χ1n) is 8.00. The summed E-state index contributed by atoms with van der Waals surface area (Å²) in [5.74, 6) is 1.22. The summed E-state index contributed by atoms with van der Waals surface area (Å²) in [6.45, 7) is 7.44. The molecule has 3 N–H and O–H groups in total. The standard InChI is InChI=1S/C17H26N4O3/c1-17(2,3)12-5-7-14(8-6-12)23-11-13(22)9-19-16-21-20-15(24-16)10-18-4/h5-8,13,18,22H,9-11H2,1-4H3,(H,19,21). The Hall–Kier alpha value is -2.12. The van der Waals surface area contributed by atoms with Gasteiger partial charge in [-0.2, -0.15) is 0 Å². The van der Waals surface area contributed by atoms with Crippen molar-refractivity contribution in [3.05, 3.63) is 35.7 Å². The van der Waals surface area contributed by atoms with Crippen molar-refractivity contribution in [2.45, 2.75) is 38.8 Å². The second kappa shape index (κ2) is 8.12. The Bertz CT molecular complexity index is 620. The van der Waals surface area contributed by atoms with Gasteiger partial charge in [0.1, 0.15) is 18.5 Å². The van der Waals surface area contributed by atoms with E-state index in [1.807, 2.05) is 24.3 Å². The molecule has 0 amide bonds. The number of aliphatic hydroxyl groups is 1. The third-order valence-corrected chi connectivity index (χ3v) is 3.45. The van der Waals surface area contributed by atoms with Crippen LogP contribution < -0.4 is 15.4 Å². The molecule has 0 aliphatic rings. The van der Waals surface area contributed by atoms with Crippen molar-refractivity contribution in [3.63, 3.8) is 0 Å². The third kappa shape index (κ3) is 5.50. The largest absolute Gasteiger partial charge is 0.491 e. The normalized spacial score (nSPS) is 12.9. The Balaban J connectivity index is 1.75. The fourth-order valence-electron chi connectivity index (χ4n) is 2.06. The molecule has 2 aromatic rings. The summed E-state index contributed by atoms with van der Waals surface area (Å²) in [4.78, 5) is 0. The number of nitrogens with zero attached hydrogens (tertiary/aromatic N) is 2. The van der Waals surface area contributed by atoms with Gasteiger partial charge in [-0.25, -0.2) is 0 Å². The number of anilines is 1. The smallest absolute Gasteiger partial charge is 0.315 e. The Labute approximate surface area is 142 Å². The summed E-state index contributed by atoms with van der Waals surface area (Å²) >= 11 is 0. The minimum absolute atomic E-state index is 0.109. The zero-order chi connectivity index (χ0) is 17.6. The fourth-order valence-corrected chi connectivity index (χ4v) is 2.06. The molecule has 0 aliphatic carbocycles. The molecule has 1 atom stereocenters. The SMILES string of the molecule is CNCc1nnc(NCC(O)COc2ccc(C(C)(C)C)cc2)o1. The van der Waals surface area contributed by atoms with Crippen LogP contribution in [0.4, 0.5) is 6.01 Å². The molecule has 1 aromatic heterocycles. The Morgan fingerprint density at radius 1 is 1.21 bits per heavy atom. The van der Waals surface area contributed by atoms with Gasteiger partial charge in [0.15, 0.2) is 0 Å². The number of aromatic nitrogens is 2. The van der Waals surface area contributed by atoms with Crippen LogP contribution in [0.2, 0.25) is 0 Å². The number of benzene rings is 1. The third-order valence-electron chi connectivity index (χ3n) is 3.45. The molecular formula is C17H26N4O3. The van der Waals surface area contributed by atoms with Gasteiger partial charge in [-0.3, -0.25) is 0 Å². The molecule has 132 valence electrons. The summed E-state index contributed by atoms with van der Waals surface area (Å²) < 4.78 is 10.9. The number of ether oxygens (including phenoxy) is 1. The van der Waals surface area contributed by atoms with Gasteiger partial charge >= 0.3 is 6.01 Å². The number of aliphatic hydroxyl groups excluding tert-OH is 1. The van der Waals surface area contributed by atoms with Crippen molar-refractivity contribution in [3.8, 4) is 5.75 Å². The Kier molecular flexibility index (Phi) is 6.16. The van der Waals surface area contributed by atoms with Crippen LogP contribution in [0.1, 0.15) is 32.2 Å². The molecule has 0 radical (unpaired) electrons. The summed E-state index contributed by atoms with van der Waals surface area (Å²) in [7, 11) is 1.80. The lowest BCUT2D eigenvalue weighted by Gasteiger charge is -2.19. The summed E-state index contributed by atoms with van der Waals surface area (Å²) in [5, 5.41) is 23.5. The molecule has 7 heteroatoms. The minimum atomic E-state index is -0.688. The van der Waals surface area contributed by atoms with Crippen LogP contribution in [-0.4, -0.2) is 41.6 Å². The van der Waals surface area contributed by atoms with Crippen LogP contribution in [0.15, 0.2) is 28.7 Å². The van der Waals surface area contributed by atoms with Crippen LogP contribution in [0.5, 0.6) is 5.75 Å². The van der Waals surface area contributed by atoms with E-state index in [1.165, 1.54) is 5.56 Å². The van der Waals surface area contributed by atoms with E-state index < -0.39 is 6.10 Å². The van der Waals surface area contributed by atoms with Gasteiger partial charge in [0.25, 0.3) is 0 Å². The lowest BCUT2D eigenvalue weighted by molar-refractivity contribution is 0.117. The van der Waals surface area contributed by atoms with Gasteiger partial charge in [-0.1, -0.05) is 38.0 Å². The first kappa shape index (κ1) is 18.2. The predicted octanol–water partition coefficient (Wildman–Crippen LogP) is 1.94. The van der Waals surface area contributed by atoms with Gasteiger partial charge in [0.05, 0.1) is 6.54 Å². The zero-order valence-corrected chi connectivity index (χ0v) is 14.7. The van der Waals surface area contributed by atoms with Gasteiger partial charge in [0.2, 0.25) is 5.89 Å². The van der Waals surface area contributed by atoms with Crippen molar-refractivity contribution in [2.75, 3.05) is 25.5 Å². The van der Waals surface area contributed by atoms with E-state index in [1.54, 1.807) is 7.05 Å². The van der Waals surface area contributed by atoms with Crippen molar-refractivity contribution < 1.29 is 14.3 Å². The number of hydrogen-bond donors (Lipinski definition) is 3. The van der Waals surface area contributed by atoms with E-state index in [0.717, 1.165) is 5.75 Å². The van der Waals surface area contributed by atoms with Crippen molar-refractivity contribution in [2.24, 2.45) is 0 Å². The maximum atomic E-state index is 9.98. The lowest BCUT2D eigenvalue weighted by Crippen LogP contribution is -2.26. The highest BCUT2D eigenvalue weighted by Crippen LogP contribution is 2.24. The van der Waals surface area contributed by atoms with Crippen molar-refractivity contribution in [1.29, 1.82) is 0 Å². The van der Waals surface area contributed by atoms with Crippen LogP contribution in [0.3, 0.4) is 0 Å². The van der Waals surface area contributed by atoms with Crippen LogP contribution in [-0.2, 0) is 12.0 Å². The second-order valence-corrected chi connectivity index (χ2v) is 6.65. The molecule has 1 heterocycles. The van der Waals surface area contributed by atoms with Crippen LogP contribution in [0, 0.1) is 0 Å².